The largest absolute Gasteiger partial charge is 0.465 e. The predicted octanol–water partition coefficient (Wildman–Crippen LogP) is 3.97. The van der Waals surface area contributed by atoms with E-state index in [4.69, 9.17) is 10.8 Å². The Morgan fingerprint density at radius 2 is 1.89 bits per heavy atom. The van der Waals surface area contributed by atoms with Gasteiger partial charge in [-0.05, 0) is 29.7 Å². The van der Waals surface area contributed by atoms with Crippen LogP contribution in [0.25, 0.3) is 22.0 Å². The number of nitrogens with one attached hydrogen (secondary N) is 2. The quantitative estimate of drug-likeness (QED) is 0.420. The Kier molecular flexibility index (Phi) is 6.26. The van der Waals surface area contributed by atoms with E-state index in [1.54, 1.807) is 6.20 Å². The van der Waals surface area contributed by atoms with Crippen LogP contribution in [-0.4, -0.2) is 27.1 Å². The molecule has 3 aromatic rings. The second-order valence-corrected chi connectivity index (χ2v) is 6.81. The zero-order valence-corrected chi connectivity index (χ0v) is 15.5. The van der Waals surface area contributed by atoms with E-state index in [9.17, 15) is 9.59 Å². The van der Waals surface area contributed by atoms with E-state index >= 15 is 0 Å². The first-order valence-corrected chi connectivity index (χ1v) is 9.35. The van der Waals surface area contributed by atoms with E-state index in [1.807, 2.05) is 18.2 Å². The van der Waals surface area contributed by atoms with Crippen LogP contribution in [0.4, 0.5) is 4.79 Å². The average Bonchev–Trinajstić information content (AvgIpc) is 3.16. The number of hydrogen-bond acceptors (Lipinski definition) is 3. The first kappa shape index (κ1) is 19.4. The third-order valence-corrected chi connectivity index (χ3v) is 4.70. The molecular weight excluding hydrogens is 356 g/mol. The van der Waals surface area contributed by atoms with Crippen molar-refractivity contribution in [1.29, 1.82) is 0 Å². The van der Waals surface area contributed by atoms with Crippen LogP contribution in [-0.2, 0) is 4.79 Å². The minimum Gasteiger partial charge on any atom is -0.465 e. The van der Waals surface area contributed by atoms with E-state index in [0.717, 1.165) is 34.9 Å². The molecule has 0 unspecified atom stereocenters. The van der Waals surface area contributed by atoms with Crippen LogP contribution in [0.5, 0.6) is 0 Å². The lowest BCUT2D eigenvalue weighted by Gasteiger charge is -2.14. The summed E-state index contributed by atoms with van der Waals surface area (Å²) in [5, 5.41) is 14.0. The molecular formula is C21H24N4O3. The summed E-state index contributed by atoms with van der Waals surface area (Å²) in [5.41, 5.74) is 6.97. The molecule has 0 spiro atoms. The van der Waals surface area contributed by atoms with Gasteiger partial charge in [-0.15, -0.1) is 0 Å². The normalized spacial score (nSPS) is 12.0. The lowest BCUT2D eigenvalue weighted by molar-refractivity contribution is -0.118. The number of carbonyl (C=O) groups is 2. The standard InChI is InChI=1S/C21H24N4O3/c22-19(26)9-3-1-2-8-17(25-21(27)28)20-23-13-18(24-20)16-11-10-14-6-4-5-7-15(14)12-16/h4-7,10-13,17,25H,1-3,8-9H2,(H2,22,26)(H,23,24)(H,27,28)/t17-/m0/s1. The molecule has 1 heterocycles. The number of rotatable bonds is 9. The third-order valence-electron chi connectivity index (χ3n) is 4.70. The van der Waals surface area contributed by atoms with Gasteiger partial charge in [0.15, 0.2) is 0 Å². The van der Waals surface area contributed by atoms with Crippen molar-refractivity contribution in [2.75, 3.05) is 0 Å². The monoisotopic (exact) mass is 380 g/mol. The Hall–Kier alpha value is -3.35. The molecule has 0 saturated heterocycles. The highest BCUT2D eigenvalue weighted by atomic mass is 16.4. The second-order valence-electron chi connectivity index (χ2n) is 6.81. The van der Waals surface area contributed by atoms with Gasteiger partial charge in [-0.2, -0.15) is 0 Å². The Morgan fingerprint density at radius 3 is 2.64 bits per heavy atom. The van der Waals surface area contributed by atoms with Crippen molar-refractivity contribution in [1.82, 2.24) is 15.3 Å². The summed E-state index contributed by atoms with van der Waals surface area (Å²) in [6.07, 6.45) is 3.85. The third kappa shape index (κ3) is 5.09. The number of H-pyrrole nitrogens is 1. The van der Waals surface area contributed by atoms with Gasteiger partial charge in [0.05, 0.1) is 17.9 Å². The first-order chi connectivity index (χ1) is 13.5. The van der Waals surface area contributed by atoms with Crippen molar-refractivity contribution in [2.45, 2.75) is 38.1 Å². The van der Waals surface area contributed by atoms with E-state index in [-0.39, 0.29) is 5.91 Å². The van der Waals surface area contributed by atoms with Crippen molar-refractivity contribution >= 4 is 22.8 Å². The van der Waals surface area contributed by atoms with Crippen molar-refractivity contribution in [3.63, 3.8) is 0 Å². The molecule has 7 heteroatoms. The van der Waals surface area contributed by atoms with E-state index < -0.39 is 12.1 Å². The zero-order valence-electron chi connectivity index (χ0n) is 15.5. The number of fused-ring (bicyclic) bond motifs is 1. The number of amides is 2. The highest BCUT2D eigenvalue weighted by molar-refractivity contribution is 5.86. The van der Waals surface area contributed by atoms with E-state index in [0.29, 0.717) is 25.1 Å². The molecule has 0 radical (unpaired) electrons. The highest BCUT2D eigenvalue weighted by Crippen LogP contribution is 2.25. The zero-order chi connectivity index (χ0) is 19.9. The van der Waals surface area contributed by atoms with Gasteiger partial charge in [0.25, 0.3) is 0 Å². The number of nitrogens with zero attached hydrogens (tertiary/aromatic N) is 1. The fraction of sp³-hybridized carbons (Fsp3) is 0.286. The van der Waals surface area contributed by atoms with E-state index in [1.165, 1.54) is 0 Å². The maximum absolute atomic E-state index is 11.2. The Morgan fingerprint density at radius 1 is 1.11 bits per heavy atom. The number of primary amides is 1. The van der Waals surface area contributed by atoms with Crippen LogP contribution in [0.3, 0.4) is 0 Å². The van der Waals surface area contributed by atoms with Crippen LogP contribution < -0.4 is 11.1 Å². The Bertz CT molecular complexity index is 967. The summed E-state index contributed by atoms with van der Waals surface area (Å²) in [6.45, 7) is 0. The smallest absolute Gasteiger partial charge is 0.405 e. The molecule has 5 N–H and O–H groups in total. The number of imidazole rings is 1. The van der Waals surface area contributed by atoms with Crippen LogP contribution >= 0.6 is 0 Å². The summed E-state index contributed by atoms with van der Waals surface area (Å²) in [7, 11) is 0. The molecule has 0 aliphatic rings. The molecule has 0 saturated carbocycles. The van der Waals surface area contributed by atoms with Crippen molar-refractivity contribution < 1.29 is 14.7 Å². The first-order valence-electron chi connectivity index (χ1n) is 9.35. The maximum atomic E-state index is 11.2. The predicted molar refractivity (Wildman–Crippen MR) is 108 cm³/mol. The molecule has 0 aliphatic heterocycles. The fourth-order valence-corrected chi connectivity index (χ4v) is 3.27. The second kappa shape index (κ2) is 9.03. The number of benzene rings is 2. The maximum Gasteiger partial charge on any atom is 0.405 e. The lowest BCUT2D eigenvalue weighted by Crippen LogP contribution is -2.27. The molecule has 28 heavy (non-hydrogen) atoms. The number of carboxylic acid groups (broad SMARTS) is 1. The van der Waals surface area contributed by atoms with Crippen LogP contribution in [0.1, 0.15) is 44.0 Å². The SMILES string of the molecule is NC(=O)CCCCC[C@H](NC(=O)O)c1ncc(-c2ccc3ccccc3c2)[nH]1. The molecule has 146 valence electrons. The van der Waals surface area contributed by atoms with Gasteiger partial charge < -0.3 is 21.1 Å². The molecule has 1 atom stereocenters. The number of aromatic nitrogens is 2. The number of hydrogen-bond donors (Lipinski definition) is 4. The average molecular weight is 380 g/mol. The molecule has 0 bridgehead atoms. The summed E-state index contributed by atoms with van der Waals surface area (Å²) < 4.78 is 0. The van der Waals surface area contributed by atoms with Gasteiger partial charge in [-0.25, -0.2) is 9.78 Å². The minimum absolute atomic E-state index is 0.314. The summed E-state index contributed by atoms with van der Waals surface area (Å²) in [5.74, 6) is 0.270. The highest BCUT2D eigenvalue weighted by Gasteiger charge is 2.17. The fourth-order valence-electron chi connectivity index (χ4n) is 3.27. The summed E-state index contributed by atoms with van der Waals surface area (Å²) in [6, 6.07) is 13.8. The van der Waals surface area contributed by atoms with Crippen molar-refractivity contribution in [2.24, 2.45) is 5.73 Å². The van der Waals surface area contributed by atoms with Gasteiger partial charge in [-0.3, -0.25) is 4.79 Å². The molecule has 3 rings (SSSR count). The lowest BCUT2D eigenvalue weighted by atomic mass is 10.1. The van der Waals surface area contributed by atoms with Crippen molar-refractivity contribution in [3.05, 3.63) is 54.5 Å². The van der Waals surface area contributed by atoms with Crippen molar-refractivity contribution in [3.8, 4) is 11.3 Å². The summed E-state index contributed by atoms with van der Waals surface area (Å²) >= 11 is 0. The number of unbranched alkanes of at least 4 members (excludes halogenated alkanes) is 2. The van der Waals surface area contributed by atoms with Gasteiger partial charge in [-0.1, -0.05) is 49.2 Å². The number of nitrogens with two attached hydrogens (primary N) is 1. The van der Waals surface area contributed by atoms with Gasteiger partial charge in [0.1, 0.15) is 5.82 Å². The summed E-state index contributed by atoms with van der Waals surface area (Å²) in [4.78, 5) is 29.6. The number of aromatic amines is 1. The van der Waals surface area contributed by atoms with E-state index in [2.05, 4.69) is 39.6 Å². The van der Waals surface area contributed by atoms with Crippen LogP contribution in [0.15, 0.2) is 48.7 Å². The van der Waals surface area contributed by atoms with Gasteiger partial charge >= 0.3 is 6.09 Å². The Balaban J connectivity index is 1.71. The molecule has 7 nitrogen and oxygen atoms in total. The Labute approximate surface area is 163 Å². The van der Waals surface area contributed by atoms with Crippen LogP contribution in [0, 0.1) is 0 Å². The van der Waals surface area contributed by atoms with Gasteiger partial charge in [0.2, 0.25) is 5.91 Å². The molecule has 1 aromatic heterocycles. The van der Waals surface area contributed by atoms with Crippen LogP contribution in [0.2, 0.25) is 0 Å². The molecule has 0 fully saturated rings. The molecule has 2 amide bonds. The minimum atomic E-state index is -1.09. The topological polar surface area (TPSA) is 121 Å². The molecule has 0 aliphatic carbocycles. The molecule has 2 aromatic carbocycles. The number of carbonyl (C=O) groups excluding carboxylic acids is 1. The van der Waals surface area contributed by atoms with Gasteiger partial charge in [0, 0.05) is 12.0 Å².